The summed E-state index contributed by atoms with van der Waals surface area (Å²) in [5, 5.41) is 4.31. The normalized spacial score (nSPS) is 14.9. The molecule has 0 bridgehead atoms. The first-order valence-electron chi connectivity index (χ1n) is 6.83. The summed E-state index contributed by atoms with van der Waals surface area (Å²) in [6.45, 7) is 3.80. The maximum Gasteiger partial charge on any atom is 0.125 e. The lowest BCUT2D eigenvalue weighted by Crippen LogP contribution is -2.22. The van der Waals surface area contributed by atoms with Crippen LogP contribution in [-0.2, 0) is 12.8 Å². The molecule has 1 N–H and O–H groups in total. The van der Waals surface area contributed by atoms with E-state index in [1.54, 1.807) is 11.3 Å². The van der Waals surface area contributed by atoms with E-state index in [1.807, 2.05) is 23.8 Å². The first-order chi connectivity index (χ1) is 9.78. The van der Waals surface area contributed by atoms with Gasteiger partial charge in [0.05, 0.1) is 12.1 Å². The second-order valence-corrected chi connectivity index (χ2v) is 6.22. The summed E-state index contributed by atoms with van der Waals surface area (Å²) in [6.07, 6.45) is 3.76. The van der Waals surface area contributed by atoms with Crippen LogP contribution >= 0.6 is 22.9 Å². The molecule has 0 saturated heterocycles. The summed E-state index contributed by atoms with van der Waals surface area (Å²) in [4.78, 5) is 5.43. The van der Waals surface area contributed by atoms with Crippen LogP contribution in [0.4, 0.5) is 0 Å². The van der Waals surface area contributed by atoms with Crippen molar-refractivity contribution in [2.75, 3.05) is 13.2 Å². The van der Waals surface area contributed by atoms with Crippen LogP contribution in [0, 0.1) is 0 Å². The molecule has 0 saturated carbocycles. The zero-order valence-electron chi connectivity index (χ0n) is 11.4. The van der Waals surface area contributed by atoms with Crippen molar-refractivity contribution in [1.82, 2.24) is 10.3 Å². The molecule has 0 amide bonds. The summed E-state index contributed by atoms with van der Waals surface area (Å²) in [7, 11) is 0. The summed E-state index contributed by atoms with van der Waals surface area (Å²) >= 11 is 7.91. The molecule has 0 radical (unpaired) electrons. The number of hydrogen-bond acceptors (Lipinski definition) is 4. The standard InChI is InChI=1S/C15H17ClN2OS/c1-2-18-13(14-8-17-9-20-14)7-11-6-12(16)5-10-3-4-19-15(10)11/h5-6,8-9,13,18H,2-4,7H2,1H3. The van der Waals surface area contributed by atoms with Gasteiger partial charge in [0.15, 0.2) is 0 Å². The Morgan fingerprint density at radius 1 is 1.50 bits per heavy atom. The molecular weight excluding hydrogens is 292 g/mol. The highest BCUT2D eigenvalue weighted by atomic mass is 35.5. The van der Waals surface area contributed by atoms with E-state index < -0.39 is 0 Å². The first-order valence-corrected chi connectivity index (χ1v) is 8.09. The number of ether oxygens (including phenoxy) is 1. The van der Waals surface area contributed by atoms with E-state index in [9.17, 15) is 0 Å². The molecule has 1 unspecified atom stereocenters. The predicted octanol–water partition coefficient (Wildman–Crippen LogP) is 3.62. The van der Waals surface area contributed by atoms with Crippen LogP contribution in [0.2, 0.25) is 5.02 Å². The molecule has 0 aliphatic carbocycles. The number of halogens is 1. The van der Waals surface area contributed by atoms with Gasteiger partial charge in [0.25, 0.3) is 0 Å². The lowest BCUT2D eigenvalue weighted by Gasteiger charge is -2.18. The third-order valence-corrected chi connectivity index (χ3v) is 4.60. The van der Waals surface area contributed by atoms with Crippen LogP contribution in [0.15, 0.2) is 23.8 Å². The van der Waals surface area contributed by atoms with Crippen LogP contribution in [0.1, 0.15) is 29.0 Å². The fourth-order valence-corrected chi connectivity index (χ4v) is 3.59. The molecular formula is C15H17ClN2OS. The Morgan fingerprint density at radius 2 is 2.40 bits per heavy atom. The highest BCUT2D eigenvalue weighted by Gasteiger charge is 2.21. The highest BCUT2D eigenvalue weighted by molar-refractivity contribution is 7.09. The molecule has 106 valence electrons. The first kappa shape index (κ1) is 13.9. The van der Waals surface area contributed by atoms with Crippen LogP contribution in [0.25, 0.3) is 0 Å². The molecule has 2 heterocycles. The zero-order valence-corrected chi connectivity index (χ0v) is 12.9. The average molecular weight is 309 g/mol. The second kappa shape index (κ2) is 6.12. The Kier molecular flexibility index (Phi) is 4.24. The summed E-state index contributed by atoms with van der Waals surface area (Å²) in [6, 6.07) is 4.30. The molecule has 2 aromatic rings. The molecule has 1 aliphatic rings. The summed E-state index contributed by atoms with van der Waals surface area (Å²) < 4.78 is 5.78. The van der Waals surface area contributed by atoms with E-state index in [0.29, 0.717) is 0 Å². The van der Waals surface area contributed by atoms with Crippen molar-refractivity contribution in [2.24, 2.45) is 0 Å². The van der Waals surface area contributed by atoms with E-state index in [0.717, 1.165) is 36.8 Å². The molecule has 1 aromatic heterocycles. The minimum Gasteiger partial charge on any atom is -0.493 e. The van der Waals surface area contributed by atoms with Gasteiger partial charge in [0, 0.05) is 28.6 Å². The van der Waals surface area contributed by atoms with E-state index in [-0.39, 0.29) is 6.04 Å². The van der Waals surface area contributed by atoms with Gasteiger partial charge in [-0.25, -0.2) is 0 Å². The molecule has 0 fully saturated rings. The van der Waals surface area contributed by atoms with Crippen LogP contribution in [0.3, 0.4) is 0 Å². The SMILES string of the molecule is CCNC(Cc1cc(Cl)cc2c1OCC2)c1cncs1. The number of likely N-dealkylation sites (N-methyl/N-ethyl adjacent to an activating group) is 1. The van der Waals surface area contributed by atoms with Crippen LogP contribution in [0.5, 0.6) is 5.75 Å². The molecule has 1 aromatic carbocycles. The fraction of sp³-hybridized carbons (Fsp3) is 0.400. The lowest BCUT2D eigenvalue weighted by molar-refractivity contribution is 0.351. The van der Waals surface area contributed by atoms with Crippen molar-refractivity contribution in [3.05, 3.63) is 44.9 Å². The van der Waals surface area contributed by atoms with E-state index in [4.69, 9.17) is 16.3 Å². The zero-order chi connectivity index (χ0) is 13.9. The third kappa shape index (κ3) is 2.82. The van der Waals surface area contributed by atoms with Crippen LogP contribution in [-0.4, -0.2) is 18.1 Å². The predicted molar refractivity (Wildman–Crippen MR) is 82.9 cm³/mol. The Balaban J connectivity index is 1.89. The van der Waals surface area contributed by atoms with Gasteiger partial charge in [-0.2, -0.15) is 0 Å². The van der Waals surface area contributed by atoms with Crippen molar-refractivity contribution in [2.45, 2.75) is 25.8 Å². The van der Waals surface area contributed by atoms with Gasteiger partial charge < -0.3 is 10.1 Å². The number of thiazole rings is 1. The minimum absolute atomic E-state index is 0.263. The third-order valence-electron chi connectivity index (χ3n) is 3.49. The lowest BCUT2D eigenvalue weighted by atomic mass is 10.0. The van der Waals surface area contributed by atoms with Crippen molar-refractivity contribution < 1.29 is 4.74 Å². The minimum atomic E-state index is 0.263. The fourth-order valence-electron chi connectivity index (χ4n) is 2.64. The smallest absolute Gasteiger partial charge is 0.125 e. The van der Waals surface area contributed by atoms with Gasteiger partial charge in [-0.15, -0.1) is 11.3 Å². The molecule has 5 heteroatoms. The Labute approximate surface area is 127 Å². The van der Waals surface area contributed by atoms with Gasteiger partial charge in [-0.05, 0) is 36.2 Å². The summed E-state index contributed by atoms with van der Waals surface area (Å²) in [5.41, 5.74) is 4.29. The maximum absolute atomic E-state index is 6.23. The van der Waals surface area contributed by atoms with E-state index in [1.165, 1.54) is 16.0 Å². The van der Waals surface area contributed by atoms with E-state index in [2.05, 4.69) is 17.2 Å². The number of hydrogen-bond donors (Lipinski definition) is 1. The second-order valence-electron chi connectivity index (χ2n) is 4.87. The van der Waals surface area contributed by atoms with Gasteiger partial charge in [0.1, 0.15) is 5.75 Å². The van der Waals surface area contributed by atoms with Crippen molar-refractivity contribution in [3.63, 3.8) is 0 Å². The molecule has 20 heavy (non-hydrogen) atoms. The van der Waals surface area contributed by atoms with Crippen molar-refractivity contribution >= 4 is 22.9 Å². The molecule has 1 atom stereocenters. The summed E-state index contributed by atoms with van der Waals surface area (Å²) in [5.74, 6) is 1.03. The quantitative estimate of drug-likeness (QED) is 0.916. The Morgan fingerprint density at radius 3 is 3.15 bits per heavy atom. The number of aromatic nitrogens is 1. The number of rotatable bonds is 5. The molecule has 0 spiro atoms. The van der Waals surface area contributed by atoms with Gasteiger partial charge >= 0.3 is 0 Å². The molecule has 3 nitrogen and oxygen atoms in total. The van der Waals surface area contributed by atoms with Gasteiger partial charge in [0.2, 0.25) is 0 Å². The average Bonchev–Trinajstić information content (AvgIpc) is 3.08. The largest absolute Gasteiger partial charge is 0.493 e. The Hall–Kier alpha value is -1.10. The molecule has 3 rings (SSSR count). The number of fused-ring (bicyclic) bond motifs is 1. The van der Waals surface area contributed by atoms with Crippen molar-refractivity contribution in [3.8, 4) is 5.75 Å². The maximum atomic E-state index is 6.23. The number of nitrogens with zero attached hydrogens (tertiary/aromatic N) is 1. The van der Waals surface area contributed by atoms with Gasteiger partial charge in [-0.3, -0.25) is 4.98 Å². The number of benzene rings is 1. The van der Waals surface area contributed by atoms with E-state index >= 15 is 0 Å². The highest BCUT2D eigenvalue weighted by Crippen LogP contribution is 2.35. The van der Waals surface area contributed by atoms with Gasteiger partial charge in [-0.1, -0.05) is 18.5 Å². The van der Waals surface area contributed by atoms with Crippen molar-refractivity contribution in [1.29, 1.82) is 0 Å². The topological polar surface area (TPSA) is 34.1 Å². The monoisotopic (exact) mass is 308 g/mol. The Bertz CT molecular complexity index is 586. The molecule has 1 aliphatic heterocycles. The van der Waals surface area contributed by atoms with Crippen LogP contribution < -0.4 is 10.1 Å². The number of nitrogens with one attached hydrogen (secondary N) is 1.